The van der Waals surface area contributed by atoms with Gasteiger partial charge in [0.2, 0.25) is 5.91 Å². The monoisotopic (exact) mass is 445 g/mol. The van der Waals surface area contributed by atoms with Crippen LogP contribution in [0.1, 0.15) is 36.5 Å². The van der Waals surface area contributed by atoms with Gasteiger partial charge < -0.3 is 5.32 Å². The van der Waals surface area contributed by atoms with Crippen molar-refractivity contribution in [2.75, 3.05) is 5.32 Å². The molecule has 5 nitrogen and oxygen atoms in total. The molecule has 0 bridgehead atoms. The van der Waals surface area contributed by atoms with Crippen molar-refractivity contribution in [3.8, 4) is 11.1 Å². The summed E-state index contributed by atoms with van der Waals surface area (Å²) in [6, 6.07) is 14.1. The summed E-state index contributed by atoms with van der Waals surface area (Å²) in [5, 5.41) is 5.42. The molecular formula is C26H27N3O2S. The van der Waals surface area contributed by atoms with Crippen molar-refractivity contribution >= 4 is 33.1 Å². The number of fused-ring (bicyclic) bond motifs is 1. The van der Waals surface area contributed by atoms with E-state index in [1.165, 1.54) is 33.4 Å². The summed E-state index contributed by atoms with van der Waals surface area (Å²) in [6.45, 7) is 6.18. The maximum atomic E-state index is 13.2. The Morgan fingerprint density at radius 3 is 2.59 bits per heavy atom. The second-order valence-electron chi connectivity index (χ2n) is 8.17. The van der Waals surface area contributed by atoms with Gasteiger partial charge >= 0.3 is 0 Å². The predicted molar refractivity (Wildman–Crippen MR) is 132 cm³/mol. The largest absolute Gasteiger partial charge is 0.325 e. The van der Waals surface area contributed by atoms with E-state index < -0.39 is 0 Å². The first-order valence-electron chi connectivity index (χ1n) is 10.9. The number of thiophene rings is 1. The van der Waals surface area contributed by atoms with Crippen molar-refractivity contribution in [2.24, 2.45) is 0 Å². The molecule has 2 aromatic carbocycles. The molecule has 0 saturated carbocycles. The quantitative estimate of drug-likeness (QED) is 0.395. The van der Waals surface area contributed by atoms with Crippen molar-refractivity contribution < 1.29 is 4.79 Å². The number of unbranched alkanes of at least 4 members (excludes halogenated alkanes) is 1. The number of benzene rings is 2. The molecule has 0 unspecified atom stereocenters. The number of nitrogens with one attached hydrogen (secondary N) is 1. The Balaban J connectivity index is 1.56. The Hall–Kier alpha value is -3.25. The summed E-state index contributed by atoms with van der Waals surface area (Å²) in [7, 11) is 0. The molecule has 0 saturated heterocycles. The summed E-state index contributed by atoms with van der Waals surface area (Å²) in [5.74, 6) is -0.252. The van der Waals surface area contributed by atoms with Crippen LogP contribution >= 0.6 is 11.3 Å². The van der Waals surface area contributed by atoms with Gasteiger partial charge in [-0.3, -0.25) is 14.2 Å². The van der Waals surface area contributed by atoms with Gasteiger partial charge in [-0.2, -0.15) is 0 Å². The Morgan fingerprint density at radius 1 is 1.09 bits per heavy atom. The number of anilines is 1. The molecule has 0 spiro atoms. The molecule has 164 valence electrons. The highest BCUT2D eigenvalue weighted by molar-refractivity contribution is 7.17. The molecule has 0 aliphatic carbocycles. The standard InChI is InChI=1S/C26H27N3O2S/c1-4-5-6-19-8-10-20(11-9-19)28-23(30)14-29-16-27-25-24(26(29)31)22(15-32-25)21-12-7-17(2)13-18(21)3/h7-13,15-16H,4-6,14H2,1-3H3,(H,28,30). The van der Waals surface area contributed by atoms with Crippen molar-refractivity contribution in [3.05, 3.63) is 81.2 Å². The highest BCUT2D eigenvalue weighted by Crippen LogP contribution is 2.33. The molecule has 0 radical (unpaired) electrons. The lowest BCUT2D eigenvalue weighted by Gasteiger charge is -2.09. The average Bonchev–Trinajstić information content (AvgIpc) is 3.20. The number of rotatable bonds is 7. The van der Waals surface area contributed by atoms with E-state index in [4.69, 9.17) is 0 Å². The van der Waals surface area contributed by atoms with Crippen LogP contribution in [0.3, 0.4) is 0 Å². The van der Waals surface area contributed by atoms with Gasteiger partial charge in [-0.05, 0) is 55.5 Å². The molecule has 0 aliphatic rings. The molecule has 1 amide bonds. The smallest absolute Gasteiger partial charge is 0.263 e. The summed E-state index contributed by atoms with van der Waals surface area (Å²) in [6.07, 6.45) is 4.80. The summed E-state index contributed by atoms with van der Waals surface area (Å²) in [4.78, 5) is 31.0. The van der Waals surface area contributed by atoms with E-state index in [0.717, 1.165) is 41.6 Å². The number of hydrogen-bond acceptors (Lipinski definition) is 4. The van der Waals surface area contributed by atoms with Gasteiger partial charge in [0.15, 0.2) is 0 Å². The van der Waals surface area contributed by atoms with Gasteiger partial charge in [-0.1, -0.05) is 49.2 Å². The van der Waals surface area contributed by atoms with E-state index in [1.807, 2.05) is 48.7 Å². The number of amides is 1. The van der Waals surface area contributed by atoms with Crippen LogP contribution in [-0.2, 0) is 17.8 Å². The third-order valence-electron chi connectivity index (χ3n) is 5.60. The second-order valence-corrected chi connectivity index (χ2v) is 9.03. The average molecular weight is 446 g/mol. The van der Waals surface area contributed by atoms with Crippen LogP contribution in [0.15, 0.2) is 59.0 Å². The number of nitrogens with zero attached hydrogens (tertiary/aromatic N) is 2. The van der Waals surface area contributed by atoms with E-state index in [9.17, 15) is 9.59 Å². The van der Waals surface area contributed by atoms with Crippen LogP contribution in [0.2, 0.25) is 0 Å². The highest BCUT2D eigenvalue weighted by atomic mass is 32.1. The molecule has 0 aliphatic heterocycles. The summed E-state index contributed by atoms with van der Waals surface area (Å²) < 4.78 is 1.38. The van der Waals surface area contributed by atoms with Crippen molar-refractivity contribution in [1.82, 2.24) is 9.55 Å². The Bertz CT molecular complexity index is 1320. The number of hydrogen-bond donors (Lipinski definition) is 1. The second kappa shape index (κ2) is 9.49. The Kier molecular flexibility index (Phi) is 6.51. The van der Waals surface area contributed by atoms with Crippen LogP contribution in [0.5, 0.6) is 0 Å². The lowest BCUT2D eigenvalue weighted by molar-refractivity contribution is -0.116. The minimum Gasteiger partial charge on any atom is -0.325 e. The minimum atomic E-state index is -0.252. The summed E-state index contributed by atoms with van der Waals surface area (Å²) in [5.41, 5.74) is 5.96. The van der Waals surface area contributed by atoms with Crippen LogP contribution in [0.25, 0.3) is 21.3 Å². The fourth-order valence-electron chi connectivity index (χ4n) is 3.89. The topological polar surface area (TPSA) is 64.0 Å². The van der Waals surface area contributed by atoms with E-state index in [2.05, 4.69) is 30.2 Å². The van der Waals surface area contributed by atoms with Crippen molar-refractivity contribution in [2.45, 2.75) is 46.6 Å². The SMILES string of the molecule is CCCCc1ccc(NC(=O)Cn2cnc3scc(-c4ccc(C)cc4C)c3c2=O)cc1. The number of carbonyl (C=O) groups is 1. The fraction of sp³-hybridized carbons (Fsp3) is 0.269. The molecule has 2 aromatic heterocycles. The molecule has 2 heterocycles. The minimum absolute atomic E-state index is 0.0818. The van der Waals surface area contributed by atoms with Gasteiger partial charge in [-0.15, -0.1) is 11.3 Å². The first-order chi connectivity index (χ1) is 15.5. The molecule has 0 atom stereocenters. The van der Waals surface area contributed by atoms with E-state index in [-0.39, 0.29) is 18.0 Å². The number of carbonyl (C=O) groups excluding carboxylic acids is 1. The van der Waals surface area contributed by atoms with Crippen LogP contribution < -0.4 is 10.9 Å². The zero-order valence-electron chi connectivity index (χ0n) is 18.6. The van der Waals surface area contributed by atoms with Crippen LogP contribution in [0.4, 0.5) is 5.69 Å². The van der Waals surface area contributed by atoms with Crippen molar-refractivity contribution in [3.63, 3.8) is 0 Å². The first kappa shape index (κ1) is 22.0. The first-order valence-corrected chi connectivity index (χ1v) is 11.8. The predicted octanol–water partition coefficient (Wildman–Crippen LogP) is 5.72. The van der Waals surface area contributed by atoms with Gasteiger partial charge in [-0.25, -0.2) is 4.98 Å². The van der Waals surface area contributed by atoms with E-state index in [0.29, 0.717) is 10.2 Å². The zero-order chi connectivity index (χ0) is 22.7. The lowest BCUT2D eigenvalue weighted by Crippen LogP contribution is -2.27. The van der Waals surface area contributed by atoms with Gasteiger partial charge in [0, 0.05) is 16.6 Å². The Morgan fingerprint density at radius 2 is 1.88 bits per heavy atom. The molecule has 32 heavy (non-hydrogen) atoms. The van der Waals surface area contributed by atoms with Crippen LogP contribution in [0, 0.1) is 13.8 Å². The van der Waals surface area contributed by atoms with Gasteiger partial charge in [0.25, 0.3) is 5.56 Å². The van der Waals surface area contributed by atoms with Gasteiger partial charge in [0.1, 0.15) is 11.4 Å². The third-order valence-corrected chi connectivity index (χ3v) is 6.49. The maximum Gasteiger partial charge on any atom is 0.263 e. The molecule has 0 fully saturated rings. The fourth-order valence-corrected chi connectivity index (χ4v) is 4.78. The molecule has 4 aromatic rings. The molecule has 4 rings (SSSR count). The molecular weight excluding hydrogens is 418 g/mol. The van der Waals surface area contributed by atoms with E-state index >= 15 is 0 Å². The highest BCUT2D eigenvalue weighted by Gasteiger charge is 2.16. The summed E-state index contributed by atoms with van der Waals surface area (Å²) >= 11 is 1.45. The lowest BCUT2D eigenvalue weighted by atomic mass is 9.99. The van der Waals surface area contributed by atoms with E-state index in [1.54, 1.807) is 0 Å². The third kappa shape index (κ3) is 4.65. The Labute approximate surface area is 191 Å². The van der Waals surface area contributed by atoms with Crippen molar-refractivity contribution in [1.29, 1.82) is 0 Å². The molecule has 6 heteroatoms. The van der Waals surface area contributed by atoms with Crippen LogP contribution in [-0.4, -0.2) is 15.5 Å². The van der Waals surface area contributed by atoms with Gasteiger partial charge in [0.05, 0.1) is 11.7 Å². The normalized spacial score (nSPS) is 11.1. The zero-order valence-corrected chi connectivity index (χ0v) is 19.5. The number of aromatic nitrogens is 2. The maximum absolute atomic E-state index is 13.2. The molecule has 1 N–H and O–H groups in total. The number of aryl methyl sites for hydroxylation is 3.